The zero-order valence-corrected chi connectivity index (χ0v) is 16.6. The Morgan fingerprint density at radius 1 is 1.23 bits per heavy atom. The smallest absolute Gasteiger partial charge is 0.340 e. The Morgan fingerprint density at radius 2 is 1.96 bits per heavy atom. The Hall–Kier alpha value is -1.92. The van der Waals surface area contributed by atoms with Crippen LogP contribution in [-0.4, -0.2) is 24.2 Å². The van der Waals surface area contributed by atoms with Crippen molar-refractivity contribution in [1.82, 2.24) is 5.32 Å². The van der Waals surface area contributed by atoms with Crippen LogP contribution in [0.25, 0.3) is 0 Å². The van der Waals surface area contributed by atoms with Crippen molar-refractivity contribution in [2.45, 2.75) is 44.6 Å². The number of esters is 1. The summed E-state index contributed by atoms with van der Waals surface area (Å²) in [6.45, 7) is 0. The molecule has 0 atom stereocenters. The average molecular weight is 389 g/mol. The standard InChI is InChI=1S/C20H24N2O2S2/c1-24-19(23)17-13-16(12-14-8-4-2-5-9-14)26-18(17)22-20(25)21-15-10-6-3-7-11-15/h2,4-5,8-9,13,15H,3,6-7,10-12H2,1H3,(H2,21,22,25). The highest BCUT2D eigenvalue weighted by atomic mass is 32.1. The van der Waals surface area contributed by atoms with E-state index in [0.717, 1.165) is 29.1 Å². The SMILES string of the molecule is COC(=O)c1cc(Cc2ccccc2)sc1NC(=S)NC1CCCCC1. The van der Waals surface area contributed by atoms with Gasteiger partial charge in [0.15, 0.2) is 5.11 Å². The molecule has 0 spiro atoms. The van der Waals surface area contributed by atoms with Gasteiger partial charge in [0.25, 0.3) is 0 Å². The van der Waals surface area contributed by atoms with Gasteiger partial charge in [-0.2, -0.15) is 0 Å². The number of hydrogen-bond donors (Lipinski definition) is 2. The second kappa shape index (κ2) is 9.14. The lowest BCUT2D eigenvalue weighted by Gasteiger charge is -2.24. The number of methoxy groups -OCH3 is 1. The van der Waals surface area contributed by atoms with Crippen LogP contribution in [0.2, 0.25) is 0 Å². The predicted molar refractivity (Wildman–Crippen MR) is 111 cm³/mol. The summed E-state index contributed by atoms with van der Waals surface area (Å²) in [5.74, 6) is -0.344. The normalized spacial score (nSPS) is 14.7. The number of carbonyl (C=O) groups is 1. The first kappa shape index (κ1) is 18.9. The fourth-order valence-electron chi connectivity index (χ4n) is 3.25. The number of carbonyl (C=O) groups excluding carboxylic acids is 1. The van der Waals surface area contributed by atoms with E-state index < -0.39 is 0 Å². The van der Waals surface area contributed by atoms with E-state index in [1.165, 1.54) is 31.9 Å². The zero-order valence-electron chi connectivity index (χ0n) is 14.9. The van der Waals surface area contributed by atoms with Crippen molar-refractivity contribution in [2.75, 3.05) is 12.4 Å². The summed E-state index contributed by atoms with van der Waals surface area (Å²) in [5, 5.41) is 7.93. The molecule has 1 aliphatic carbocycles. The largest absolute Gasteiger partial charge is 0.465 e. The van der Waals surface area contributed by atoms with E-state index >= 15 is 0 Å². The molecule has 0 radical (unpaired) electrons. The van der Waals surface area contributed by atoms with Gasteiger partial charge in [0.2, 0.25) is 0 Å². The van der Waals surface area contributed by atoms with E-state index in [9.17, 15) is 4.79 Å². The second-order valence-corrected chi connectivity index (χ2v) is 8.09. The molecule has 26 heavy (non-hydrogen) atoms. The first-order valence-electron chi connectivity index (χ1n) is 8.98. The van der Waals surface area contributed by atoms with E-state index in [-0.39, 0.29) is 5.97 Å². The number of thiophene rings is 1. The molecule has 0 bridgehead atoms. The van der Waals surface area contributed by atoms with Gasteiger partial charge < -0.3 is 15.4 Å². The Labute approximate surface area is 164 Å². The Morgan fingerprint density at radius 3 is 2.65 bits per heavy atom. The number of anilines is 1. The maximum atomic E-state index is 12.2. The van der Waals surface area contributed by atoms with Crippen molar-refractivity contribution in [3.8, 4) is 0 Å². The summed E-state index contributed by atoms with van der Waals surface area (Å²) >= 11 is 7.02. The van der Waals surface area contributed by atoms with Crippen LogP contribution < -0.4 is 10.6 Å². The van der Waals surface area contributed by atoms with Crippen molar-refractivity contribution >= 4 is 39.6 Å². The van der Waals surface area contributed by atoms with E-state index in [2.05, 4.69) is 22.8 Å². The molecule has 4 nitrogen and oxygen atoms in total. The summed E-state index contributed by atoms with van der Waals surface area (Å²) in [4.78, 5) is 13.2. The molecule has 0 amide bonds. The summed E-state index contributed by atoms with van der Waals surface area (Å²) in [7, 11) is 1.40. The first-order chi connectivity index (χ1) is 12.7. The topological polar surface area (TPSA) is 50.4 Å². The van der Waals surface area contributed by atoms with E-state index in [0.29, 0.717) is 16.7 Å². The highest BCUT2D eigenvalue weighted by molar-refractivity contribution is 7.80. The fourth-order valence-corrected chi connectivity index (χ4v) is 4.67. The average Bonchev–Trinajstić information content (AvgIpc) is 3.04. The molecule has 2 aromatic rings. The lowest BCUT2D eigenvalue weighted by atomic mass is 9.96. The van der Waals surface area contributed by atoms with Gasteiger partial charge in [-0.3, -0.25) is 0 Å². The minimum absolute atomic E-state index is 0.344. The maximum absolute atomic E-state index is 12.2. The van der Waals surface area contributed by atoms with Crippen molar-refractivity contribution < 1.29 is 9.53 Å². The van der Waals surface area contributed by atoms with Crippen LogP contribution in [0.3, 0.4) is 0 Å². The Balaban J connectivity index is 1.71. The molecule has 1 aromatic carbocycles. The highest BCUT2D eigenvalue weighted by Crippen LogP contribution is 2.30. The predicted octanol–water partition coefficient (Wildman–Crippen LogP) is 4.74. The minimum Gasteiger partial charge on any atom is -0.465 e. The Kier molecular flexibility index (Phi) is 6.63. The van der Waals surface area contributed by atoms with Crippen LogP contribution in [0.1, 0.15) is 52.9 Å². The molecule has 138 valence electrons. The summed E-state index contributed by atoms with van der Waals surface area (Å²) in [5.41, 5.74) is 1.75. The highest BCUT2D eigenvalue weighted by Gasteiger charge is 2.19. The van der Waals surface area contributed by atoms with Gasteiger partial charge in [-0.15, -0.1) is 11.3 Å². The molecule has 1 aromatic heterocycles. The molecule has 0 aliphatic heterocycles. The number of rotatable bonds is 5. The fraction of sp³-hybridized carbons (Fsp3) is 0.400. The molecule has 0 saturated heterocycles. The van der Waals surface area contributed by atoms with Gasteiger partial charge in [0, 0.05) is 17.3 Å². The Bertz CT molecular complexity index is 752. The third-order valence-corrected chi connectivity index (χ3v) is 5.85. The number of ether oxygens (including phenoxy) is 1. The van der Waals surface area contributed by atoms with Gasteiger partial charge in [-0.1, -0.05) is 49.6 Å². The molecular weight excluding hydrogens is 364 g/mol. The lowest BCUT2D eigenvalue weighted by molar-refractivity contribution is 0.0602. The lowest BCUT2D eigenvalue weighted by Crippen LogP contribution is -2.38. The van der Waals surface area contributed by atoms with Crippen LogP contribution in [-0.2, 0) is 11.2 Å². The van der Waals surface area contributed by atoms with Crippen LogP contribution in [0.15, 0.2) is 36.4 Å². The third kappa shape index (κ3) is 5.05. The minimum atomic E-state index is -0.344. The van der Waals surface area contributed by atoms with Gasteiger partial charge >= 0.3 is 5.97 Å². The summed E-state index contributed by atoms with van der Waals surface area (Å²) in [6, 6.07) is 12.5. The van der Waals surface area contributed by atoms with Crippen LogP contribution in [0.4, 0.5) is 5.00 Å². The molecule has 1 aliphatic rings. The number of thiocarbonyl (C=S) groups is 1. The quantitative estimate of drug-likeness (QED) is 0.572. The molecule has 6 heteroatoms. The molecule has 1 heterocycles. The van der Waals surface area contributed by atoms with Crippen molar-refractivity contribution in [3.63, 3.8) is 0 Å². The maximum Gasteiger partial charge on any atom is 0.340 e. The van der Waals surface area contributed by atoms with Crippen molar-refractivity contribution in [2.24, 2.45) is 0 Å². The summed E-state index contributed by atoms with van der Waals surface area (Å²) < 4.78 is 4.94. The van der Waals surface area contributed by atoms with Crippen LogP contribution in [0, 0.1) is 0 Å². The monoisotopic (exact) mass is 388 g/mol. The van der Waals surface area contributed by atoms with E-state index in [4.69, 9.17) is 17.0 Å². The molecule has 0 unspecified atom stereocenters. The molecule has 1 fully saturated rings. The van der Waals surface area contributed by atoms with Crippen molar-refractivity contribution in [3.05, 3.63) is 52.4 Å². The van der Waals surface area contributed by atoms with Gasteiger partial charge in [-0.05, 0) is 36.7 Å². The van der Waals surface area contributed by atoms with Gasteiger partial charge in [-0.25, -0.2) is 4.79 Å². The first-order valence-corrected chi connectivity index (χ1v) is 10.2. The summed E-state index contributed by atoms with van der Waals surface area (Å²) in [6.07, 6.45) is 6.87. The van der Waals surface area contributed by atoms with Gasteiger partial charge in [0.1, 0.15) is 5.00 Å². The number of hydrogen-bond acceptors (Lipinski definition) is 4. The van der Waals surface area contributed by atoms with Gasteiger partial charge in [0.05, 0.1) is 12.7 Å². The second-order valence-electron chi connectivity index (χ2n) is 6.54. The zero-order chi connectivity index (χ0) is 18.4. The van der Waals surface area contributed by atoms with Crippen LogP contribution in [0.5, 0.6) is 0 Å². The van der Waals surface area contributed by atoms with Crippen molar-refractivity contribution in [1.29, 1.82) is 0 Å². The molecule has 1 saturated carbocycles. The van der Waals surface area contributed by atoms with E-state index in [1.807, 2.05) is 24.3 Å². The molecule has 3 rings (SSSR count). The van der Waals surface area contributed by atoms with Crippen LogP contribution >= 0.6 is 23.6 Å². The third-order valence-electron chi connectivity index (χ3n) is 4.58. The molecule has 2 N–H and O–H groups in total. The number of benzene rings is 1. The van der Waals surface area contributed by atoms with E-state index in [1.54, 1.807) is 11.3 Å². The molecular formula is C20H24N2O2S2. The number of nitrogens with one attached hydrogen (secondary N) is 2.